The molecule has 6 nitrogen and oxygen atoms in total. The summed E-state index contributed by atoms with van der Waals surface area (Å²) in [7, 11) is 1.83. The molecule has 1 aromatic carbocycles. The van der Waals surface area contributed by atoms with E-state index in [0.717, 1.165) is 23.3 Å². The Morgan fingerprint density at radius 2 is 1.81 bits per heavy atom. The molecule has 1 aromatic heterocycles. The van der Waals surface area contributed by atoms with Crippen molar-refractivity contribution in [2.24, 2.45) is 4.99 Å². The van der Waals surface area contributed by atoms with Gasteiger partial charge in [-0.15, -0.1) is 24.0 Å². The summed E-state index contributed by atoms with van der Waals surface area (Å²) < 4.78 is 5.66. The van der Waals surface area contributed by atoms with Crippen LogP contribution in [0.3, 0.4) is 0 Å². The Labute approximate surface area is 203 Å². The van der Waals surface area contributed by atoms with Gasteiger partial charge in [-0.2, -0.15) is 0 Å². The maximum Gasteiger partial charge on any atom is 0.226 e. The van der Waals surface area contributed by atoms with Crippen molar-refractivity contribution in [3.05, 3.63) is 41.8 Å². The van der Waals surface area contributed by atoms with Crippen LogP contribution in [0.25, 0.3) is 11.5 Å². The summed E-state index contributed by atoms with van der Waals surface area (Å²) in [6.07, 6.45) is 11.1. The van der Waals surface area contributed by atoms with Crippen LogP contribution in [0.15, 0.2) is 39.9 Å². The number of nitrogens with one attached hydrogen (secondary N) is 2. The van der Waals surface area contributed by atoms with E-state index in [-0.39, 0.29) is 24.0 Å². The molecule has 7 heteroatoms. The predicted molar refractivity (Wildman–Crippen MR) is 137 cm³/mol. The monoisotopic (exact) mass is 537 g/mol. The zero-order chi connectivity index (χ0) is 20.8. The molecule has 0 spiro atoms. The minimum Gasteiger partial charge on any atom is -0.444 e. The predicted octanol–water partition coefficient (Wildman–Crippen LogP) is 4.73. The molecule has 31 heavy (non-hydrogen) atoms. The maximum absolute atomic E-state index is 5.66. The zero-order valence-electron chi connectivity index (χ0n) is 18.8. The van der Waals surface area contributed by atoms with Crippen LogP contribution in [0, 0.1) is 6.92 Å². The first kappa shape index (κ1) is 24.0. The summed E-state index contributed by atoms with van der Waals surface area (Å²) in [6, 6.07) is 9.53. The average molecular weight is 537 g/mol. The molecule has 2 aromatic rings. The molecule has 0 radical (unpaired) electrons. The maximum atomic E-state index is 5.66. The SMILES string of the molecule is CN=C(NCc1coc(-c2ccc(C)cc2)n1)NC1CCN(C2CCCCC2)CC1.I. The second-order valence-electron chi connectivity index (χ2n) is 8.68. The van der Waals surface area contributed by atoms with Crippen LogP contribution in [0.5, 0.6) is 0 Å². The number of aliphatic imine (C=N–C) groups is 1. The molecule has 0 unspecified atom stereocenters. The number of halogens is 1. The van der Waals surface area contributed by atoms with Crippen molar-refractivity contribution in [3.8, 4) is 11.5 Å². The van der Waals surface area contributed by atoms with Gasteiger partial charge < -0.3 is 20.0 Å². The lowest BCUT2D eigenvalue weighted by Gasteiger charge is -2.39. The summed E-state index contributed by atoms with van der Waals surface area (Å²) >= 11 is 0. The van der Waals surface area contributed by atoms with Gasteiger partial charge in [0.25, 0.3) is 0 Å². The first-order valence-corrected chi connectivity index (χ1v) is 11.4. The molecule has 1 aliphatic heterocycles. The van der Waals surface area contributed by atoms with Crippen LogP contribution in [0.1, 0.15) is 56.2 Å². The highest BCUT2D eigenvalue weighted by molar-refractivity contribution is 14.0. The lowest BCUT2D eigenvalue weighted by Crippen LogP contribution is -2.50. The smallest absolute Gasteiger partial charge is 0.226 e. The van der Waals surface area contributed by atoms with Crippen LogP contribution in [-0.4, -0.2) is 48.1 Å². The van der Waals surface area contributed by atoms with Gasteiger partial charge in [0.15, 0.2) is 5.96 Å². The molecule has 4 rings (SSSR count). The van der Waals surface area contributed by atoms with Crippen molar-refractivity contribution in [2.45, 2.75) is 70.5 Å². The Hall–Kier alpha value is -1.61. The van der Waals surface area contributed by atoms with Crippen molar-refractivity contribution < 1.29 is 4.42 Å². The van der Waals surface area contributed by atoms with E-state index in [9.17, 15) is 0 Å². The van der Waals surface area contributed by atoms with Gasteiger partial charge in [0.1, 0.15) is 6.26 Å². The second-order valence-corrected chi connectivity index (χ2v) is 8.68. The van der Waals surface area contributed by atoms with E-state index in [2.05, 4.69) is 44.6 Å². The third-order valence-electron chi connectivity index (χ3n) is 6.47. The molecule has 1 saturated carbocycles. The van der Waals surface area contributed by atoms with Gasteiger partial charge in [-0.1, -0.05) is 37.0 Å². The number of rotatable bonds is 5. The summed E-state index contributed by atoms with van der Waals surface area (Å²) in [6.45, 7) is 5.06. The Kier molecular flexibility index (Phi) is 9.19. The van der Waals surface area contributed by atoms with Gasteiger partial charge in [-0.25, -0.2) is 4.98 Å². The molecule has 1 saturated heterocycles. The van der Waals surface area contributed by atoms with Gasteiger partial charge in [0.05, 0.1) is 12.2 Å². The first-order valence-electron chi connectivity index (χ1n) is 11.4. The van der Waals surface area contributed by atoms with Crippen LogP contribution in [-0.2, 0) is 6.54 Å². The van der Waals surface area contributed by atoms with Crippen LogP contribution < -0.4 is 10.6 Å². The summed E-state index contributed by atoms with van der Waals surface area (Å²) in [5.74, 6) is 1.50. The van der Waals surface area contributed by atoms with E-state index in [1.165, 1.54) is 63.6 Å². The summed E-state index contributed by atoms with van der Waals surface area (Å²) in [5, 5.41) is 6.98. The number of aromatic nitrogens is 1. The normalized spacial score (nSPS) is 19.1. The molecular weight excluding hydrogens is 501 g/mol. The number of guanidine groups is 1. The Balaban J connectivity index is 0.00000272. The minimum atomic E-state index is 0. The van der Waals surface area contributed by atoms with Crippen molar-refractivity contribution in [1.29, 1.82) is 0 Å². The van der Waals surface area contributed by atoms with Gasteiger partial charge in [0, 0.05) is 37.8 Å². The molecule has 2 heterocycles. The standard InChI is InChI=1S/C24H35N5O.HI/c1-18-8-10-19(11-9-18)23-27-21(17-30-23)16-26-24(25-2)28-20-12-14-29(15-13-20)22-6-4-3-5-7-22;/h8-11,17,20,22H,3-7,12-16H2,1-2H3,(H2,25,26,28);1H. The molecule has 170 valence electrons. The third-order valence-corrected chi connectivity index (χ3v) is 6.47. The Bertz CT molecular complexity index is 821. The fraction of sp³-hybridized carbons (Fsp3) is 0.583. The quantitative estimate of drug-likeness (QED) is 0.328. The number of hydrogen-bond acceptors (Lipinski definition) is 4. The first-order chi connectivity index (χ1) is 14.7. The number of piperidine rings is 1. The number of aryl methyl sites for hydroxylation is 1. The van der Waals surface area contributed by atoms with Crippen molar-refractivity contribution in [3.63, 3.8) is 0 Å². The molecular formula is C24H36IN5O. The second kappa shape index (κ2) is 11.9. The third kappa shape index (κ3) is 6.68. The number of likely N-dealkylation sites (tertiary alicyclic amines) is 1. The highest BCUT2D eigenvalue weighted by Crippen LogP contribution is 2.25. The summed E-state index contributed by atoms with van der Waals surface area (Å²) in [4.78, 5) is 11.7. The van der Waals surface area contributed by atoms with E-state index in [4.69, 9.17) is 4.42 Å². The van der Waals surface area contributed by atoms with Crippen molar-refractivity contribution >= 4 is 29.9 Å². The number of benzene rings is 1. The zero-order valence-corrected chi connectivity index (χ0v) is 21.1. The van der Waals surface area contributed by atoms with Crippen molar-refractivity contribution in [2.75, 3.05) is 20.1 Å². The van der Waals surface area contributed by atoms with Crippen LogP contribution >= 0.6 is 24.0 Å². The molecule has 0 bridgehead atoms. The van der Waals surface area contributed by atoms with Crippen molar-refractivity contribution in [1.82, 2.24) is 20.5 Å². The highest BCUT2D eigenvalue weighted by Gasteiger charge is 2.26. The number of hydrogen-bond donors (Lipinski definition) is 2. The van der Waals surface area contributed by atoms with Gasteiger partial charge in [0.2, 0.25) is 5.89 Å². The lowest BCUT2D eigenvalue weighted by atomic mass is 9.92. The molecule has 0 amide bonds. The van der Waals surface area contributed by atoms with Crippen LogP contribution in [0.2, 0.25) is 0 Å². The summed E-state index contributed by atoms with van der Waals surface area (Å²) in [5.41, 5.74) is 3.10. The average Bonchev–Trinajstić information content (AvgIpc) is 3.27. The fourth-order valence-electron chi connectivity index (χ4n) is 4.63. The van der Waals surface area contributed by atoms with E-state index in [1.54, 1.807) is 6.26 Å². The Morgan fingerprint density at radius 1 is 1.10 bits per heavy atom. The number of nitrogens with zero attached hydrogens (tertiary/aromatic N) is 3. The fourth-order valence-corrected chi connectivity index (χ4v) is 4.63. The van der Waals surface area contributed by atoms with E-state index < -0.39 is 0 Å². The highest BCUT2D eigenvalue weighted by atomic mass is 127. The molecule has 1 aliphatic carbocycles. The van der Waals surface area contributed by atoms with Crippen LogP contribution in [0.4, 0.5) is 0 Å². The minimum absolute atomic E-state index is 0. The van der Waals surface area contributed by atoms with Gasteiger partial charge >= 0.3 is 0 Å². The van der Waals surface area contributed by atoms with E-state index in [1.807, 2.05) is 19.2 Å². The van der Waals surface area contributed by atoms with Gasteiger partial charge in [-0.05, 0) is 44.7 Å². The van der Waals surface area contributed by atoms with Gasteiger partial charge in [-0.3, -0.25) is 4.99 Å². The molecule has 2 N–H and O–H groups in total. The largest absolute Gasteiger partial charge is 0.444 e. The molecule has 2 fully saturated rings. The topological polar surface area (TPSA) is 65.7 Å². The number of oxazole rings is 1. The Morgan fingerprint density at radius 3 is 2.48 bits per heavy atom. The molecule has 2 aliphatic rings. The molecule has 0 atom stereocenters. The van der Waals surface area contributed by atoms with E-state index in [0.29, 0.717) is 18.5 Å². The lowest BCUT2D eigenvalue weighted by molar-refractivity contribution is 0.119. The van der Waals surface area contributed by atoms with E-state index >= 15 is 0 Å².